The average molecular weight is 516 g/mol. The van der Waals surface area contributed by atoms with Gasteiger partial charge in [0.05, 0.1) is 32.5 Å². The van der Waals surface area contributed by atoms with Crippen LogP contribution in [0, 0.1) is 0 Å². The van der Waals surface area contributed by atoms with E-state index >= 15 is 0 Å². The molecular formula is C18H31NO14P-. The molecule has 0 aliphatic carbocycles. The highest BCUT2D eigenvalue weighted by molar-refractivity contribution is 7.45. The van der Waals surface area contributed by atoms with Crippen LogP contribution < -0.4 is 10.2 Å². The van der Waals surface area contributed by atoms with E-state index in [1.807, 2.05) is 0 Å². The molecule has 0 aliphatic heterocycles. The maximum Gasteiger partial charge on any atom is 0.508 e. The number of esters is 2. The van der Waals surface area contributed by atoms with Crippen LogP contribution in [-0.2, 0) is 51.6 Å². The number of rotatable bonds is 17. The number of hydrogen-bond acceptors (Lipinski definition) is 14. The lowest BCUT2D eigenvalue weighted by atomic mass is 10.4. The summed E-state index contributed by atoms with van der Waals surface area (Å²) in [4.78, 5) is 56.2. The monoisotopic (exact) mass is 516 g/mol. The van der Waals surface area contributed by atoms with Gasteiger partial charge in [0.2, 0.25) is 0 Å². The SMILES string of the molecule is CC(=O)OC[C@H](COP(=O)([O-])OCCNC(=O)OCCOCCOC(=O)OC(C)C)OC(C)=O. The van der Waals surface area contributed by atoms with Gasteiger partial charge < -0.3 is 47.7 Å². The Labute approximate surface area is 196 Å². The van der Waals surface area contributed by atoms with Crippen molar-refractivity contribution in [3.8, 4) is 0 Å². The Morgan fingerprint density at radius 2 is 1.47 bits per heavy atom. The Hall–Kier alpha value is -2.45. The number of hydrogen-bond donors (Lipinski definition) is 1. The van der Waals surface area contributed by atoms with Crippen LogP contribution in [0.2, 0.25) is 0 Å². The van der Waals surface area contributed by atoms with Crippen molar-refractivity contribution in [1.29, 1.82) is 0 Å². The average Bonchev–Trinajstić information content (AvgIpc) is 2.71. The van der Waals surface area contributed by atoms with Crippen LogP contribution in [0.3, 0.4) is 0 Å². The zero-order valence-electron chi connectivity index (χ0n) is 19.5. The highest BCUT2D eigenvalue weighted by atomic mass is 31.2. The van der Waals surface area contributed by atoms with Gasteiger partial charge in [-0.1, -0.05) is 0 Å². The van der Waals surface area contributed by atoms with Gasteiger partial charge in [-0.25, -0.2) is 9.59 Å². The molecule has 198 valence electrons. The van der Waals surface area contributed by atoms with Crippen molar-refractivity contribution < 1.29 is 66.1 Å². The normalized spacial score (nSPS) is 13.4. The molecule has 15 nitrogen and oxygen atoms in total. The third kappa shape index (κ3) is 20.2. The van der Waals surface area contributed by atoms with Gasteiger partial charge in [0.25, 0.3) is 7.82 Å². The first-order valence-electron chi connectivity index (χ1n) is 10.1. The Kier molecular flexibility index (Phi) is 16.7. The van der Waals surface area contributed by atoms with E-state index in [-0.39, 0.29) is 39.1 Å². The third-order valence-electron chi connectivity index (χ3n) is 3.08. The standard InChI is InChI=1S/C18H32NO14P/c1-13(2)32-18(23)28-10-8-26-7-9-27-17(22)19-5-6-30-34(24,25)31-12-16(33-15(4)21)11-29-14(3)20/h13,16H,5-12H2,1-4H3,(H,19,22)(H,24,25)/p-1/t16-/m1/s1. The second kappa shape index (κ2) is 18.0. The van der Waals surface area contributed by atoms with Crippen LogP contribution in [0.15, 0.2) is 0 Å². The minimum atomic E-state index is -4.79. The summed E-state index contributed by atoms with van der Waals surface area (Å²) < 4.78 is 49.7. The number of alkyl carbamates (subject to hydrolysis) is 1. The van der Waals surface area contributed by atoms with Crippen molar-refractivity contribution >= 4 is 32.0 Å². The minimum absolute atomic E-state index is 0.0300. The Balaban J connectivity index is 3.90. The quantitative estimate of drug-likeness (QED) is 0.120. The molecular weight excluding hydrogens is 485 g/mol. The van der Waals surface area contributed by atoms with E-state index < -0.39 is 57.9 Å². The smallest absolute Gasteiger partial charge is 0.508 e. The fourth-order valence-electron chi connectivity index (χ4n) is 1.84. The molecule has 0 bridgehead atoms. The zero-order valence-corrected chi connectivity index (χ0v) is 20.4. The van der Waals surface area contributed by atoms with Crippen LogP contribution in [-0.4, -0.2) is 89.2 Å². The summed E-state index contributed by atoms with van der Waals surface area (Å²) in [5.74, 6) is -1.38. The summed E-state index contributed by atoms with van der Waals surface area (Å²) in [6.45, 7) is 3.84. The molecule has 0 aliphatic rings. The van der Waals surface area contributed by atoms with Gasteiger partial charge in [-0.15, -0.1) is 0 Å². The molecule has 2 atom stereocenters. The van der Waals surface area contributed by atoms with Crippen LogP contribution in [0.4, 0.5) is 9.59 Å². The van der Waals surface area contributed by atoms with Crippen molar-refractivity contribution in [3.05, 3.63) is 0 Å². The largest absolute Gasteiger partial charge is 0.756 e. The highest BCUT2D eigenvalue weighted by Gasteiger charge is 2.19. The molecule has 0 heterocycles. The fourth-order valence-corrected chi connectivity index (χ4v) is 2.58. The van der Waals surface area contributed by atoms with E-state index in [4.69, 9.17) is 23.7 Å². The number of carbonyl (C=O) groups excluding carboxylic acids is 4. The molecule has 1 amide bonds. The zero-order chi connectivity index (χ0) is 26.0. The molecule has 0 fully saturated rings. The molecule has 0 radical (unpaired) electrons. The third-order valence-corrected chi connectivity index (χ3v) is 4.05. The van der Waals surface area contributed by atoms with Gasteiger partial charge in [0.1, 0.15) is 19.8 Å². The first kappa shape index (κ1) is 31.6. The van der Waals surface area contributed by atoms with Crippen molar-refractivity contribution in [1.82, 2.24) is 5.32 Å². The number of phosphoric acid groups is 1. The van der Waals surface area contributed by atoms with Gasteiger partial charge in [-0.2, -0.15) is 0 Å². The predicted octanol–water partition coefficient (Wildman–Crippen LogP) is 0.287. The van der Waals surface area contributed by atoms with Gasteiger partial charge in [0.15, 0.2) is 6.10 Å². The van der Waals surface area contributed by atoms with Crippen LogP contribution in [0.25, 0.3) is 0 Å². The fraction of sp³-hybridized carbons (Fsp3) is 0.778. The van der Waals surface area contributed by atoms with Crippen molar-refractivity contribution in [3.63, 3.8) is 0 Å². The number of amides is 1. The predicted molar refractivity (Wildman–Crippen MR) is 109 cm³/mol. The summed E-state index contributed by atoms with van der Waals surface area (Å²) >= 11 is 0. The van der Waals surface area contributed by atoms with Crippen molar-refractivity contribution in [2.45, 2.75) is 39.9 Å². The lowest BCUT2D eigenvalue weighted by Crippen LogP contribution is -2.30. The van der Waals surface area contributed by atoms with Crippen LogP contribution >= 0.6 is 7.82 Å². The number of nitrogens with one attached hydrogen (secondary N) is 1. The minimum Gasteiger partial charge on any atom is -0.756 e. The highest BCUT2D eigenvalue weighted by Crippen LogP contribution is 2.38. The second-order valence-electron chi connectivity index (χ2n) is 6.55. The van der Waals surface area contributed by atoms with E-state index in [9.17, 15) is 28.6 Å². The summed E-state index contributed by atoms with van der Waals surface area (Å²) in [6, 6.07) is 0. The van der Waals surface area contributed by atoms with Crippen molar-refractivity contribution in [2.24, 2.45) is 0 Å². The maximum atomic E-state index is 11.7. The Morgan fingerprint density at radius 1 is 0.824 bits per heavy atom. The second-order valence-corrected chi connectivity index (χ2v) is 7.96. The topological polar surface area (TPSA) is 194 Å². The summed E-state index contributed by atoms with van der Waals surface area (Å²) in [7, 11) is -4.79. The first-order chi connectivity index (χ1) is 15.9. The van der Waals surface area contributed by atoms with E-state index in [1.54, 1.807) is 13.8 Å². The first-order valence-corrected chi connectivity index (χ1v) is 11.6. The molecule has 16 heteroatoms. The molecule has 1 unspecified atom stereocenters. The van der Waals surface area contributed by atoms with E-state index in [2.05, 4.69) is 19.1 Å². The van der Waals surface area contributed by atoms with Gasteiger partial charge in [-0.3, -0.25) is 14.2 Å². The molecule has 34 heavy (non-hydrogen) atoms. The van der Waals surface area contributed by atoms with Gasteiger partial charge in [0, 0.05) is 20.4 Å². The van der Waals surface area contributed by atoms with Crippen LogP contribution in [0.1, 0.15) is 27.7 Å². The van der Waals surface area contributed by atoms with Gasteiger partial charge in [-0.05, 0) is 13.8 Å². The number of ether oxygens (including phenoxy) is 6. The molecule has 1 N–H and O–H groups in total. The molecule has 0 saturated heterocycles. The van der Waals surface area contributed by atoms with Crippen LogP contribution in [0.5, 0.6) is 0 Å². The molecule has 0 aromatic heterocycles. The Morgan fingerprint density at radius 3 is 2.06 bits per heavy atom. The van der Waals surface area contributed by atoms with Gasteiger partial charge >= 0.3 is 24.2 Å². The van der Waals surface area contributed by atoms with E-state index in [0.29, 0.717) is 0 Å². The lowest BCUT2D eigenvalue weighted by Gasteiger charge is -2.25. The maximum absolute atomic E-state index is 11.7. The summed E-state index contributed by atoms with van der Waals surface area (Å²) in [5.41, 5.74) is 0. The Bertz CT molecular complexity index is 686. The number of carbonyl (C=O) groups is 4. The molecule has 0 aromatic rings. The summed E-state index contributed by atoms with van der Waals surface area (Å²) in [6.07, 6.45) is -3.10. The number of phosphoric ester groups is 1. The molecule has 0 saturated carbocycles. The van der Waals surface area contributed by atoms with E-state index in [1.165, 1.54) is 0 Å². The molecule has 0 rings (SSSR count). The summed E-state index contributed by atoms with van der Waals surface area (Å²) in [5, 5.41) is 2.24. The van der Waals surface area contributed by atoms with Crippen molar-refractivity contribution in [2.75, 3.05) is 52.8 Å². The molecule has 0 aromatic carbocycles. The van der Waals surface area contributed by atoms with E-state index in [0.717, 1.165) is 13.8 Å². The molecule has 0 spiro atoms. The lowest BCUT2D eigenvalue weighted by molar-refractivity contribution is -0.228.